The minimum atomic E-state index is -0.464. The number of aromatic nitrogens is 2. The second-order valence-electron chi connectivity index (χ2n) is 10.4. The van der Waals surface area contributed by atoms with Gasteiger partial charge >= 0.3 is 0 Å². The molecule has 1 aromatic carbocycles. The third-order valence-electron chi connectivity index (χ3n) is 7.59. The molecular formula is C27H34Cl2N6O4S. The van der Waals surface area contributed by atoms with Gasteiger partial charge in [-0.25, -0.2) is 4.98 Å². The second kappa shape index (κ2) is 12.9. The van der Waals surface area contributed by atoms with E-state index < -0.39 is 6.04 Å². The molecule has 4 N–H and O–H groups in total. The van der Waals surface area contributed by atoms with Gasteiger partial charge in [0.15, 0.2) is 5.01 Å². The first-order valence-corrected chi connectivity index (χ1v) is 14.3. The van der Waals surface area contributed by atoms with Gasteiger partial charge in [0.1, 0.15) is 5.69 Å². The topological polar surface area (TPSA) is 131 Å². The van der Waals surface area contributed by atoms with Crippen molar-refractivity contribution >= 4 is 64.0 Å². The van der Waals surface area contributed by atoms with Crippen molar-refractivity contribution in [1.29, 1.82) is 0 Å². The Morgan fingerprint density at radius 3 is 2.75 bits per heavy atom. The first-order chi connectivity index (χ1) is 18.7. The van der Waals surface area contributed by atoms with E-state index in [9.17, 15) is 19.5 Å². The molecule has 1 saturated carbocycles. The molecule has 40 heavy (non-hydrogen) atoms. The summed E-state index contributed by atoms with van der Waals surface area (Å²) in [7, 11) is 3.71. The van der Waals surface area contributed by atoms with Gasteiger partial charge in [-0.15, -0.1) is 23.7 Å². The minimum absolute atomic E-state index is 0. The van der Waals surface area contributed by atoms with Gasteiger partial charge < -0.3 is 30.5 Å². The summed E-state index contributed by atoms with van der Waals surface area (Å²) in [6, 6.07) is 6.29. The lowest BCUT2D eigenvalue weighted by atomic mass is 9.81. The molecule has 0 bridgehead atoms. The monoisotopic (exact) mass is 608 g/mol. The van der Waals surface area contributed by atoms with Crippen LogP contribution < -0.4 is 10.6 Å². The number of halogens is 2. The molecule has 3 atom stereocenters. The Kier molecular flexibility index (Phi) is 9.73. The molecule has 13 heteroatoms. The number of aliphatic hydroxyl groups is 1. The molecule has 1 aliphatic carbocycles. The van der Waals surface area contributed by atoms with Crippen LogP contribution in [0.3, 0.4) is 0 Å². The van der Waals surface area contributed by atoms with Crippen molar-refractivity contribution in [2.75, 3.05) is 33.8 Å². The predicted octanol–water partition coefficient (Wildman–Crippen LogP) is 2.84. The molecule has 1 fully saturated rings. The maximum Gasteiger partial charge on any atom is 0.280 e. The molecule has 1 aliphatic heterocycles. The van der Waals surface area contributed by atoms with E-state index in [4.69, 9.17) is 11.6 Å². The molecular weight excluding hydrogens is 575 g/mol. The predicted molar refractivity (Wildman–Crippen MR) is 157 cm³/mol. The molecule has 3 heterocycles. The van der Waals surface area contributed by atoms with Gasteiger partial charge in [0.2, 0.25) is 5.91 Å². The summed E-state index contributed by atoms with van der Waals surface area (Å²) in [5.74, 6) is -0.985. The number of aromatic amines is 1. The number of carbonyl (C=O) groups is 3. The Labute approximate surface area is 247 Å². The maximum absolute atomic E-state index is 13.3. The zero-order chi connectivity index (χ0) is 27.7. The average Bonchev–Trinajstić information content (AvgIpc) is 3.53. The average molecular weight is 610 g/mol. The zero-order valence-electron chi connectivity index (χ0n) is 22.4. The number of likely N-dealkylation sites (N-methyl/N-ethyl adjacent to an activating group) is 2. The van der Waals surface area contributed by atoms with Crippen molar-refractivity contribution in [3.8, 4) is 0 Å². The highest BCUT2D eigenvalue weighted by Crippen LogP contribution is 2.29. The Balaban J connectivity index is 0.00000370. The van der Waals surface area contributed by atoms with Crippen LogP contribution in [0.1, 0.15) is 50.1 Å². The zero-order valence-corrected chi connectivity index (χ0v) is 24.8. The van der Waals surface area contributed by atoms with Crippen molar-refractivity contribution in [1.82, 2.24) is 30.4 Å². The number of nitrogens with one attached hydrogen (secondary N) is 3. The smallest absolute Gasteiger partial charge is 0.280 e. The quantitative estimate of drug-likeness (QED) is 0.326. The van der Waals surface area contributed by atoms with E-state index in [1.165, 1.54) is 16.2 Å². The number of carbonyl (C=O) groups excluding carboxylic acids is 3. The number of hydrogen-bond acceptors (Lipinski definition) is 7. The number of aliphatic hydroxyl groups excluding tert-OH is 1. The van der Waals surface area contributed by atoms with Crippen LogP contribution in [0, 0.1) is 5.92 Å². The molecule has 216 valence electrons. The van der Waals surface area contributed by atoms with E-state index in [0.717, 1.165) is 41.0 Å². The van der Waals surface area contributed by atoms with Gasteiger partial charge in [-0.05, 0) is 50.6 Å². The number of nitrogens with zero attached hydrogens (tertiary/aromatic N) is 3. The lowest BCUT2D eigenvalue weighted by Crippen LogP contribution is -2.56. The molecule has 0 saturated heterocycles. The summed E-state index contributed by atoms with van der Waals surface area (Å²) >= 11 is 7.50. The summed E-state index contributed by atoms with van der Waals surface area (Å²) in [4.78, 5) is 52.1. The number of H-pyrrole nitrogens is 1. The molecule has 3 amide bonds. The van der Waals surface area contributed by atoms with Crippen LogP contribution >= 0.6 is 35.3 Å². The highest BCUT2D eigenvalue weighted by atomic mass is 35.5. The summed E-state index contributed by atoms with van der Waals surface area (Å²) in [6.07, 6.45) is 2.26. The lowest BCUT2D eigenvalue weighted by Gasteiger charge is -2.37. The standard InChI is InChI=1S/C27H33ClN6O4S.ClH/c1-33-8-7-20-23(14-33)39-26(32-20)25(37)31-21-12-15(27(38)34(2)9-10-35)3-5-19(21)30-24(36)22-13-16-11-17(28)4-6-18(16)29-22;/h4,6,11,13,15,19,21,29,35H,3,5,7-10,12,14H2,1-2H3,(H,30,36)(H,31,37);1H/t15-,19-,21+;/m0./s1. The second-order valence-corrected chi connectivity index (χ2v) is 12.0. The van der Waals surface area contributed by atoms with E-state index in [2.05, 4.69) is 25.5 Å². The Morgan fingerprint density at radius 1 is 1.20 bits per heavy atom. The van der Waals surface area contributed by atoms with Gasteiger partial charge in [-0.3, -0.25) is 14.4 Å². The normalized spacial score (nSPS) is 20.9. The largest absolute Gasteiger partial charge is 0.395 e. The fraction of sp³-hybridized carbons (Fsp3) is 0.481. The van der Waals surface area contributed by atoms with Crippen LogP contribution in [0.4, 0.5) is 0 Å². The first kappa shape index (κ1) is 30.3. The van der Waals surface area contributed by atoms with E-state index in [1.807, 2.05) is 13.1 Å². The van der Waals surface area contributed by atoms with E-state index in [-0.39, 0.29) is 55.2 Å². The summed E-state index contributed by atoms with van der Waals surface area (Å²) in [5, 5.41) is 17.2. The maximum atomic E-state index is 13.3. The Morgan fingerprint density at radius 2 is 1.98 bits per heavy atom. The minimum Gasteiger partial charge on any atom is -0.395 e. The number of hydrogen-bond donors (Lipinski definition) is 4. The molecule has 0 unspecified atom stereocenters. The van der Waals surface area contributed by atoms with Crippen LogP contribution in [0.15, 0.2) is 24.3 Å². The third-order valence-corrected chi connectivity index (χ3v) is 8.90. The first-order valence-electron chi connectivity index (χ1n) is 13.1. The summed E-state index contributed by atoms with van der Waals surface area (Å²) in [6.45, 7) is 1.80. The number of rotatable bonds is 7. The highest BCUT2D eigenvalue weighted by Gasteiger charge is 2.37. The molecule has 2 aliphatic rings. The van der Waals surface area contributed by atoms with E-state index >= 15 is 0 Å². The van der Waals surface area contributed by atoms with Gasteiger partial charge in [-0.2, -0.15) is 0 Å². The summed E-state index contributed by atoms with van der Waals surface area (Å²) in [5.41, 5.74) is 2.17. The van der Waals surface area contributed by atoms with Crippen molar-refractivity contribution in [3.05, 3.63) is 50.6 Å². The van der Waals surface area contributed by atoms with Crippen molar-refractivity contribution < 1.29 is 19.5 Å². The Bertz CT molecular complexity index is 1390. The molecule has 0 radical (unpaired) electrons. The van der Waals surface area contributed by atoms with Crippen LogP contribution in [0.25, 0.3) is 10.9 Å². The fourth-order valence-corrected chi connectivity index (χ4v) is 6.69. The van der Waals surface area contributed by atoms with Gasteiger partial charge in [0, 0.05) is 65.9 Å². The number of fused-ring (bicyclic) bond motifs is 2. The van der Waals surface area contributed by atoms with Crippen molar-refractivity contribution in [3.63, 3.8) is 0 Å². The molecule has 3 aromatic rings. The molecule has 0 spiro atoms. The SMILES string of the molecule is CN1CCc2nc(C(=O)N[C@@H]3C[C@@H](C(=O)N(C)CCO)CC[C@@H]3NC(=O)c3cc4cc(Cl)ccc4[nH]3)sc2C1.Cl. The van der Waals surface area contributed by atoms with Crippen LogP contribution in [-0.4, -0.2) is 88.5 Å². The van der Waals surface area contributed by atoms with Crippen LogP contribution in [0.2, 0.25) is 5.02 Å². The fourth-order valence-electron chi connectivity index (χ4n) is 5.42. The van der Waals surface area contributed by atoms with E-state index in [1.54, 1.807) is 25.2 Å². The van der Waals surface area contributed by atoms with Gasteiger partial charge in [0.25, 0.3) is 11.8 Å². The van der Waals surface area contributed by atoms with Crippen molar-refractivity contribution in [2.45, 2.75) is 44.3 Å². The number of benzene rings is 1. The number of thiazole rings is 1. The Hall–Kier alpha value is -2.70. The van der Waals surface area contributed by atoms with Crippen molar-refractivity contribution in [2.24, 2.45) is 5.92 Å². The molecule has 2 aromatic heterocycles. The summed E-state index contributed by atoms with van der Waals surface area (Å²) < 4.78 is 0. The molecule has 5 rings (SSSR count). The van der Waals surface area contributed by atoms with Crippen LogP contribution in [-0.2, 0) is 17.8 Å². The third kappa shape index (κ3) is 6.60. The number of amides is 3. The van der Waals surface area contributed by atoms with Gasteiger partial charge in [-0.1, -0.05) is 11.6 Å². The van der Waals surface area contributed by atoms with E-state index in [0.29, 0.717) is 35.0 Å². The molecule has 10 nitrogen and oxygen atoms in total. The highest BCUT2D eigenvalue weighted by molar-refractivity contribution is 7.13. The lowest BCUT2D eigenvalue weighted by molar-refractivity contribution is -0.136. The van der Waals surface area contributed by atoms with Gasteiger partial charge in [0.05, 0.1) is 18.3 Å². The van der Waals surface area contributed by atoms with Crippen LogP contribution in [0.5, 0.6) is 0 Å².